The van der Waals surface area contributed by atoms with Crippen LogP contribution in [0.5, 0.6) is 6.01 Å². The van der Waals surface area contributed by atoms with Gasteiger partial charge in [-0.1, -0.05) is 6.07 Å². The maximum atomic E-state index is 12.8. The third-order valence-corrected chi connectivity index (χ3v) is 5.01. The molecule has 4 rings (SSSR count). The molecule has 1 aliphatic heterocycles. The molecule has 0 spiro atoms. The van der Waals surface area contributed by atoms with Gasteiger partial charge >= 0.3 is 6.01 Å². The summed E-state index contributed by atoms with van der Waals surface area (Å²) in [6, 6.07) is 7.12. The van der Waals surface area contributed by atoms with Gasteiger partial charge in [-0.05, 0) is 36.6 Å². The summed E-state index contributed by atoms with van der Waals surface area (Å²) in [5, 5.41) is 1.06. The largest absolute Gasteiger partial charge is 0.462 e. The number of hydrazine groups is 1. The molecule has 1 amide bonds. The van der Waals surface area contributed by atoms with Gasteiger partial charge in [0.15, 0.2) is 0 Å². The van der Waals surface area contributed by atoms with Gasteiger partial charge in [-0.25, -0.2) is 25.8 Å². The van der Waals surface area contributed by atoms with Crippen LogP contribution in [0.2, 0.25) is 0 Å². The molecule has 3 aromatic rings. The summed E-state index contributed by atoms with van der Waals surface area (Å²) < 4.78 is 5.39. The van der Waals surface area contributed by atoms with E-state index >= 15 is 0 Å². The van der Waals surface area contributed by atoms with Crippen molar-refractivity contribution in [1.82, 2.24) is 24.9 Å². The van der Waals surface area contributed by atoms with Crippen LogP contribution in [-0.4, -0.2) is 57.1 Å². The molecule has 0 atom stereocenters. The Morgan fingerprint density at radius 3 is 2.48 bits per heavy atom. The van der Waals surface area contributed by atoms with Gasteiger partial charge in [0.2, 0.25) is 5.95 Å². The van der Waals surface area contributed by atoms with Crippen LogP contribution >= 0.6 is 0 Å². The number of nitrogen functional groups attached to an aromatic ring is 1. The second-order valence-corrected chi connectivity index (χ2v) is 7.15. The number of ether oxygens (including phenoxy) is 1. The second kappa shape index (κ2) is 9.35. The van der Waals surface area contributed by atoms with Gasteiger partial charge in [0.25, 0.3) is 5.91 Å². The van der Waals surface area contributed by atoms with Crippen LogP contribution in [0.4, 0.5) is 11.6 Å². The molecule has 10 nitrogen and oxygen atoms in total. The zero-order valence-corrected chi connectivity index (χ0v) is 17.0. The molecule has 10 heteroatoms. The molecule has 1 fully saturated rings. The number of rotatable bonds is 7. The molecular weight excluding hydrogens is 396 g/mol. The number of amides is 1. The summed E-state index contributed by atoms with van der Waals surface area (Å²) >= 11 is 0. The van der Waals surface area contributed by atoms with Crippen LogP contribution in [0.3, 0.4) is 0 Å². The molecule has 2 aromatic heterocycles. The van der Waals surface area contributed by atoms with Crippen LogP contribution in [0.25, 0.3) is 11.1 Å². The van der Waals surface area contributed by atoms with Crippen molar-refractivity contribution in [3.8, 4) is 17.1 Å². The molecule has 1 saturated heterocycles. The third kappa shape index (κ3) is 4.86. The van der Waals surface area contributed by atoms with Crippen molar-refractivity contribution in [2.75, 3.05) is 36.9 Å². The molecule has 0 saturated carbocycles. The number of nitrogens with two attached hydrogens (primary N) is 2. The van der Waals surface area contributed by atoms with E-state index in [1.807, 2.05) is 6.07 Å². The van der Waals surface area contributed by atoms with Crippen molar-refractivity contribution in [3.63, 3.8) is 0 Å². The average molecular weight is 420 g/mol. The number of benzene rings is 1. The minimum atomic E-state index is -0.411. The van der Waals surface area contributed by atoms with Crippen molar-refractivity contribution in [2.24, 2.45) is 5.84 Å². The highest BCUT2D eigenvalue weighted by molar-refractivity contribution is 6.00. The summed E-state index contributed by atoms with van der Waals surface area (Å²) in [5.74, 6) is 6.25. The fourth-order valence-electron chi connectivity index (χ4n) is 3.32. The normalized spacial score (nSPS) is 13.3. The highest BCUT2D eigenvalue weighted by atomic mass is 16.5. The number of anilines is 2. The summed E-state index contributed by atoms with van der Waals surface area (Å²) in [6.45, 7) is 2.25. The van der Waals surface area contributed by atoms with Gasteiger partial charge in [0, 0.05) is 49.1 Å². The zero-order chi connectivity index (χ0) is 21.6. The number of hydrogen-bond acceptors (Lipinski definition) is 9. The maximum absolute atomic E-state index is 12.8. The van der Waals surface area contributed by atoms with E-state index < -0.39 is 5.91 Å². The molecule has 0 radical (unpaired) electrons. The molecule has 31 heavy (non-hydrogen) atoms. The van der Waals surface area contributed by atoms with Gasteiger partial charge in [-0.15, -0.1) is 0 Å². The van der Waals surface area contributed by atoms with Crippen molar-refractivity contribution < 1.29 is 9.53 Å². The number of aromatic nitrogens is 4. The van der Waals surface area contributed by atoms with Gasteiger partial charge in [0.05, 0.1) is 12.1 Å². The molecule has 1 aromatic carbocycles. The lowest BCUT2D eigenvalue weighted by molar-refractivity contribution is 0.0728. The van der Waals surface area contributed by atoms with E-state index in [-0.39, 0.29) is 19.2 Å². The highest BCUT2D eigenvalue weighted by Crippen LogP contribution is 2.25. The number of carbonyl (C=O) groups excluding carboxylic acids is 1. The molecule has 3 heterocycles. The topological polar surface area (TPSA) is 136 Å². The van der Waals surface area contributed by atoms with Gasteiger partial charge in [0.1, 0.15) is 6.61 Å². The first-order valence-corrected chi connectivity index (χ1v) is 10.0. The van der Waals surface area contributed by atoms with E-state index in [0.29, 0.717) is 11.3 Å². The van der Waals surface area contributed by atoms with E-state index in [1.165, 1.54) is 0 Å². The lowest BCUT2D eigenvalue weighted by Gasteiger charge is -2.18. The summed E-state index contributed by atoms with van der Waals surface area (Å²) in [5.41, 5.74) is 8.27. The Balaban J connectivity index is 1.43. The summed E-state index contributed by atoms with van der Waals surface area (Å²) in [4.78, 5) is 31.8. The number of hydrogen-bond donors (Lipinski definition) is 2. The van der Waals surface area contributed by atoms with Gasteiger partial charge in [-0.3, -0.25) is 9.80 Å². The van der Waals surface area contributed by atoms with E-state index in [9.17, 15) is 4.79 Å². The second-order valence-electron chi connectivity index (χ2n) is 7.15. The minimum Gasteiger partial charge on any atom is -0.462 e. The fraction of sp³-hybridized carbons (Fsp3) is 0.286. The molecule has 0 aliphatic carbocycles. The average Bonchev–Trinajstić information content (AvgIpc) is 3.35. The minimum absolute atomic E-state index is 0.147. The van der Waals surface area contributed by atoms with E-state index in [0.717, 1.165) is 48.0 Å². The molecule has 0 unspecified atom stereocenters. The lowest BCUT2D eigenvalue weighted by atomic mass is 10.0. The first-order chi connectivity index (χ1) is 15.1. The maximum Gasteiger partial charge on any atom is 0.316 e. The molecular formula is C21H24N8O2. The van der Waals surface area contributed by atoms with Crippen LogP contribution in [0, 0.1) is 0 Å². The predicted octanol–water partition coefficient (Wildman–Crippen LogP) is 1.51. The van der Waals surface area contributed by atoms with Crippen LogP contribution < -0.4 is 21.2 Å². The van der Waals surface area contributed by atoms with Crippen molar-refractivity contribution >= 4 is 17.5 Å². The summed E-state index contributed by atoms with van der Waals surface area (Å²) in [7, 11) is 0. The standard InChI is InChI=1S/C21H24N8O2/c22-18-5-4-15(16-13-26-20(27-14-16)28-8-1-2-9-28)12-17(18)19(30)29(23)10-11-31-21-24-6-3-7-25-21/h3-7,12-14H,1-2,8-11,22-23H2. The Morgan fingerprint density at radius 1 is 1.06 bits per heavy atom. The summed E-state index contributed by atoms with van der Waals surface area (Å²) in [6.07, 6.45) is 8.98. The number of nitrogens with zero attached hydrogens (tertiary/aromatic N) is 6. The Kier molecular flexibility index (Phi) is 6.18. The zero-order valence-electron chi connectivity index (χ0n) is 17.0. The van der Waals surface area contributed by atoms with E-state index in [1.54, 1.807) is 43.0 Å². The Labute approximate surface area is 179 Å². The Bertz CT molecular complexity index is 1020. The quantitative estimate of drug-likeness (QED) is 0.252. The first kappa shape index (κ1) is 20.5. The smallest absolute Gasteiger partial charge is 0.316 e. The van der Waals surface area contributed by atoms with Gasteiger partial charge in [-0.2, -0.15) is 0 Å². The van der Waals surface area contributed by atoms with Gasteiger partial charge < -0.3 is 15.4 Å². The predicted molar refractivity (Wildman–Crippen MR) is 116 cm³/mol. The van der Waals surface area contributed by atoms with Crippen LogP contribution in [-0.2, 0) is 0 Å². The lowest BCUT2D eigenvalue weighted by Crippen LogP contribution is -2.40. The monoisotopic (exact) mass is 420 g/mol. The Hall–Kier alpha value is -3.79. The molecule has 4 N–H and O–H groups in total. The third-order valence-electron chi connectivity index (χ3n) is 5.01. The van der Waals surface area contributed by atoms with Crippen molar-refractivity contribution in [3.05, 3.63) is 54.6 Å². The SMILES string of the molecule is Nc1ccc(-c2cnc(N3CCCC3)nc2)cc1C(=O)N(N)CCOc1ncccn1. The molecule has 0 bridgehead atoms. The van der Waals surface area contributed by atoms with Crippen molar-refractivity contribution in [2.45, 2.75) is 12.8 Å². The van der Waals surface area contributed by atoms with E-state index in [4.69, 9.17) is 16.3 Å². The molecule has 160 valence electrons. The molecule has 1 aliphatic rings. The Morgan fingerprint density at radius 2 is 1.77 bits per heavy atom. The number of carbonyl (C=O) groups is 1. The van der Waals surface area contributed by atoms with Crippen LogP contribution in [0.1, 0.15) is 23.2 Å². The van der Waals surface area contributed by atoms with Crippen LogP contribution in [0.15, 0.2) is 49.1 Å². The first-order valence-electron chi connectivity index (χ1n) is 10.0. The highest BCUT2D eigenvalue weighted by Gasteiger charge is 2.18. The van der Waals surface area contributed by atoms with E-state index in [2.05, 4.69) is 24.8 Å². The van der Waals surface area contributed by atoms with Crippen molar-refractivity contribution in [1.29, 1.82) is 0 Å². The fourth-order valence-corrected chi connectivity index (χ4v) is 3.32.